The van der Waals surface area contributed by atoms with Crippen LogP contribution in [-0.2, 0) is 4.74 Å². The van der Waals surface area contributed by atoms with Crippen molar-refractivity contribution in [1.82, 2.24) is 5.32 Å². The highest BCUT2D eigenvalue weighted by molar-refractivity contribution is 4.84. The van der Waals surface area contributed by atoms with Gasteiger partial charge in [0.15, 0.2) is 0 Å². The van der Waals surface area contributed by atoms with E-state index in [2.05, 4.69) is 46.9 Å². The second kappa shape index (κ2) is 6.19. The van der Waals surface area contributed by atoms with E-state index in [1.807, 2.05) is 0 Å². The molecule has 0 bridgehead atoms. The van der Waals surface area contributed by atoms with Gasteiger partial charge in [0, 0.05) is 12.6 Å². The molecular weight excluding hydrogens is 210 g/mol. The summed E-state index contributed by atoms with van der Waals surface area (Å²) in [5.74, 6) is 2.30. The predicted octanol–water partition coefficient (Wildman–Crippen LogP) is 3.46. The summed E-state index contributed by atoms with van der Waals surface area (Å²) in [4.78, 5) is 0. The molecule has 0 aromatic carbocycles. The molecule has 1 aliphatic heterocycles. The number of rotatable bonds is 5. The Balaban J connectivity index is 2.38. The molecule has 0 aliphatic carbocycles. The van der Waals surface area contributed by atoms with Crippen LogP contribution in [0.3, 0.4) is 0 Å². The van der Waals surface area contributed by atoms with Crippen LogP contribution in [0.15, 0.2) is 0 Å². The number of ether oxygens (including phenoxy) is 1. The maximum absolute atomic E-state index is 5.76. The Morgan fingerprint density at radius 3 is 2.24 bits per heavy atom. The number of hydrogen-bond acceptors (Lipinski definition) is 2. The smallest absolute Gasteiger partial charge is 0.0641 e. The van der Waals surface area contributed by atoms with Crippen LogP contribution in [0.5, 0.6) is 0 Å². The van der Waals surface area contributed by atoms with Crippen LogP contribution in [0, 0.1) is 17.8 Å². The van der Waals surface area contributed by atoms with Crippen LogP contribution >= 0.6 is 0 Å². The molecule has 1 saturated heterocycles. The first-order chi connectivity index (χ1) is 7.82. The molecule has 2 heteroatoms. The van der Waals surface area contributed by atoms with Gasteiger partial charge in [-0.05, 0) is 51.0 Å². The van der Waals surface area contributed by atoms with E-state index in [-0.39, 0.29) is 5.60 Å². The third-order valence-corrected chi connectivity index (χ3v) is 4.05. The normalized spacial score (nSPS) is 24.9. The van der Waals surface area contributed by atoms with Crippen molar-refractivity contribution in [2.24, 2.45) is 17.8 Å². The molecule has 0 aromatic rings. The monoisotopic (exact) mass is 241 g/mol. The van der Waals surface area contributed by atoms with Crippen molar-refractivity contribution in [3.8, 4) is 0 Å². The molecule has 1 aliphatic rings. The molecule has 0 spiro atoms. The minimum absolute atomic E-state index is 0.0566. The van der Waals surface area contributed by atoms with E-state index in [1.165, 1.54) is 0 Å². The van der Waals surface area contributed by atoms with E-state index in [9.17, 15) is 0 Å². The molecular formula is C15H31NO. The first-order valence-corrected chi connectivity index (χ1v) is 7.19. The van der Waals surface area contributed by atoms with E-state index >= 15 is 0 Å². The molecule has 0 amide bonds. The lowest BCUT2D eigenvalue weighted by Gasteiger charge is -2.37. The van der Waals surface area contributed by atoms with Crippen molar-refractivity contribution >= 4 is 0 Å². The Bertz CT molecular complexity index is 215. The molecule has 0 aromatic heterocycles. The van der Waals surface area contributed by atoms with E-state index in [1.54, 1.807) is 0 Å². The van der Waals surface area contributed by atoms with Gasteiger partial charge < -0.3 is 10.1 Å². The summed E-state index contributed by atoms with van der Waals surface area (Å²) in [6.45, 7) is 15.8. The van der Waals surface area contributed by atoms with Crippen LogP contribution < -0.4 is 5.32 Å². The Hall–Kier alpha value is -0.0800. The maximum Gasteiger partial charge on any atom is 0.0641 e. The average molecular weight is 241 g/mol. The van der Waals surface area contributed by atoms with Crippen LogP contribution in [0.1, 0.15) is 54.4 Å². The Kier molecular flexibility index (Phi) is 5.46. The Labute approximate surface area is 108 Å². The predicted molar refractivity (Wildman–Crippen MR) is 74.2 cm³/mol. The van der Waals surface area contributed by atoms with Gasteiger partial charge in [-0.1, -0.05) is 27.7 Å². The van der Waals surface area contributed by atoms with Crippen LogP contribution in [-0.4, -0.2) is 24.8 Å². The van der Waals surface area contributed by atoms with Crippen molar-refractivity contribution in [2.45, 2.75) is 66.0 Å². The largest absolute Gasteiger partial charge is 0.375 e. The van der Waals surface area contributed by atoms with Gasteiger partial charge in [-0.3, -0.25) is 0 Å². The number of nitrogens with one attached hydrogen (secondary N) is 1. The van der Waals surface area contributed by atoms with Crippen molar-refractivity contribution < 1.29 is 4.74 Å². The zero-order valence-electron chi connectivity index (χ0n) is 12.5. The molecule has 1 atom stereocenters. The third-order valence-electron chi connectivity index (χ3n) is 4.05. The van der Waals surface area contributed by atoms with Crippen molar-refractivity contribution in [3.05, 3.63) is 0 Å². The summed E-state index contributed by atoms with van der Waals surface area (Å²) in [5.41, 5.74) is 0.0566. The van der Waals surface area contributed by atoms with Crippen LogP contribution in [0.4, 0.5) is 0 Å². The van der Waals surface area contributed by atoms with E-state index in [4.69, 9.17) is 4.74 Å². The Morgan fingerprint density at radius 1 is 1.18 bits per heavy atom. The summed E-state index contributed by atoms with van der Waals surface area (Å²) in [7, 11) is 0. The van der Waals surface area contributed by atoms with Gasteiger partial charge in [0.1, 0.15) is 0 Å². The highest BCUT2D eigenvalue weighted by Crippen LogP contribution is 2.25. The quantitative estimate of drug-likeness (QED) is 0.796. The first-order valence-electron chi connectivity index (χ1n) is 7.19. The molecule has 1 N–H and O–H groups in total. The molecule has 17 heavy (non-hydrogen) atoms. The molecule has 1 heterocycles. The standard InChI is InChI=1S/C15H31NO/c1-11(2)14(12(3)4)10-16-13-7-8-17-15(5,6)9-13/h11-14,16H,7-10H2,1-6H3. The fourth-order valence-electron chi connectivity index (χ4n) is 2.95. The zero-order valence-corrected chi connectivity index (χ0v) is 12.5. The molecule has 0 radical (unpaired) electrons. The minimum atomic E-state index is 0.0566. The van der Waals surface area contributed by atoms with Crippen LogP contribution in [0.2, 0.25) is 0 Å². The van der Waals surface area contributed by atoms with Crippen LogP contribution in [0.25, 0.3) is 0 Å². The summed E-state index contributed by atoms with van der Waals surface area (Å²) >= 11 is 0. The van der Waals surface area contributed by atoms with Crippen molar-refractivity contribution in [2.75, 3.05) is 13.2 Å². The lowest BCUT2D eigenvalue weighted by atomic mass is 9.85. The minimum Gasteiger partial charge on any atom is -0.375 e. The topological polar surface area (TPSA) is 21.3 Å². The summed E-state index contributed by atoms with van der Waals surface area (Å²) in [6.07, 6.45) is 2.29. The molecule has 2 nitrogen and oxygen atoms in total. The summed E-state index contributed by atoms with van der Waals surface area (Å²) < 4.78 is 5.76. The Morgan fingerprint density at radius 2 is 1.76 bits per heavy atom. The first kappa shape index (κ1) is 15.0. The summed E-state index contributed by atoms with van der Waals surface area (Å²) in [6, 6.07) is 0.638. The van der Waals surface area contributed by atoms with E-state index in [0.717, 1.165) is 43.7 Å². The van der Waals surface area contributed by atoms with Gasteiger partial charge in [0.25, 0.3) is 0 Å². The second-order valence-corrected chi connectivity index (χ2v) is 6.86. The molecule has 1 rings (SSSR count). The van der Waals surface area contributed by atoms with Crippen molar-refractivity contribution in [3.63, 3.8) is 0 Å². The van der Waals surface area contributed by atoms with Gasteiger partial charge in [-0.15, -0.1) is 0 Å². The average Bonchev–Trinajstić information content (AvgIpc) is 2.15. The summed E-state index contributed by atoms with van der Waals surface area (Å²) in [5, 5.41) is 3.76. The fourth-order valence-corrected chi connectivity index (χ4v) is 2.95. The van der Waals surface area contributed by atoms with Crippen molar-refractivity contribution in [1.29, 1.82) is 0 Å². The van der Waals surface area contributed by atoms with Gasteiger partial charge >= 0.3 is 0 Å². The maximum atomic E-state index is 5.76. The fraction of sp³-hybridized carbons (Fsp3) is 1.00. The third kappa shape index (κ3) is 4.97. The second-order valence-electron chi connectivity index (χ2n) is 6.86. The highest BCUT2D eigenvalue weighted by atomic mass is 16.5. The van der Waals surface area contributed by atoms with Gasteiger partial charge in [0.05, 0.1) is 5.60 Å². The van der Waals surface area contributed by atoms with E-state index in [0.29, 0.717) is 6.04 Å². The van der Waals surface area contributed by atoms with Gasteiger partial charge in [0.2, 0.25) is 0 Å². The highest BCUT2D eigenvalue weighted by Gasteiger charge is 2.29. The van der Waals surface area contributed by atoms with Gasteiger partial charge in [-0.2, -0.15) is 0 Å². The molecule has 1 fully saturated rings. The molecule has 0 saturated carbocycles. The van der Waals surface area contributed by atoms with Gasteiger partial charge in [-0.25, -0.2) is 0 Å². The SMILES string of the molecule is CC(C)C(CNC1CCOC(C)(C)C1)C(C)C. The lowest BCUT2D eigenvalue weighted by molar-refractivity contribution is -0.0635. The lowest BCUT2D eigenvalue weighted by Crippen LogP contribution is -2.45. The van der Waals surface area contributed by atoms with E-state index < -0.39 is 0 Å². The zero-order chi connectivity index (χ0) is 13.1. The molecule has 1 unspecified atom stereocenters. The number of hydrogen-bond donors (Lipinski definition) is 1. The molecule has 102 valence electrons.